The minimum Gasteiger partial charge on any atom is -0.468 e. The van der Waals surface area contributed by atoms with Gasteiger partial charge >= 0.3 is 5.97 Å². The van der Waals surface area contributed by atoms with Crippen LogP contribution in [0.15, 0.2) is 60.7 Å². The van der Waals surface area contributed by atoms with Gasteiger partial charge in [0.05, 0.1) is 12.9 Å². The van der Waals surface area contributed by atoms with Crippen LogP contribution in [0.25, 0.3) is 0 Å². The van der Waals surface area contributed by atoms with Gasteiger partial charge in [-0.25, -0.2) is 8.42 Å². The highest BCUT2D eigenvalue weighted by Crippen LogP contribution is 2.18. The van der Waals surface area contributed by atoms with Crippen molar-refractivity contribution >= 4 is 15.8 Å². The molecule has 0 aliphatic rings. The Kier molecular flexibility index (Phi) is 5.93. The summed E-state index contributed by atoms with van der Waals surface area (Å²) in [5, 5.41) is -1.15. The van der Waals surface area contributed by atoms with E-state index in [2.05, 4.69) is 0 Å². The molecule has 0 aromatic heterocycles. The van der Waals surface area contributed by atoms with Crippen molar-refractivity contribution in [3.63, 3.8) is 0 Å². The van der Waals surface area contributed by atoms with E-state index in [-0.39, 0.29) is 12.2 Å². The predicted molar refractivity (Wildman–Crippen MR) is 89.6 cm³/mol. The van der Waals surface area contributed by atoms with E-state index in [1.165, 1.54) is 7.11 Å². The molecule has 0 N–H and O–H groups in total. The fourth-order valence-electron chi connectivity index (χ4n) is 2.43. The van der Waals surface area contributed by atoms with Gasteiger partial charge in [0.2, 0.25) is 0 Å². The number of ether oxygens (including phenoxy) is 1. The molecule has 0 saturated heterocycles. The molecule has 0 amide bonds. The van der Waals surface area contributed by atoms with E-state index >= 15 is 0 Å². The molecule has 0 bridgehead atoms. The number of hydrogen-bond donors (Lipinski definition) is 0. The zero-order valence-corrected chi connectivity index (χ0v) is 13.8. The van der Waals surface area contributed by atoms with Gasteiger partial charge in [0.1, 0.15) is 0 Å². The Morgan fingerprint density at radius 3 is 2.00 bits per heavy atom. The van der Waals surface area contributed by atoms with Gasteiger partial charge in [-0.05, 0) is 24.0 Å². The summed E-state index contributed by atoms with van der Waals surface area (Å²) in [6.45, 7) is 0. The molecule has 23 heavy (non-hydrogen) atoms. The Morgan fingerprint density at radius 2 is 1.48 bits per heavy atom. The third kappa shape index (κ3) is 4.93. The SMILES string of the molecule is COC(=O)C(CCc1ccccc1)S(=O)(=O)Cc1ccccc1. The number of methoxy groups -OCH3 is 1. The molecule has 5 heteroatoms. The van der Waals surface area contributed by atoms with Crippen molar-refractivity contribution in [3.05, 3.63) is 71.8 Å². The molecule has 122 valence electrons. The molecular weight excluding hydrogens is 312 g/mol. The van der Waals surface area contributed by atoms with Gasteiger partial charge in [0.25, 0.3) is 0 Å². The van der Waals surface area contributed by atoms with Crippen LogP contribution in [-0.2, 0) is 31.5 Å². The summed E-state index contributed by atoms with van der Waals surface area (Å²) in [7, 11) is -2.41. The maximum Gasteiger partial charge on any atom is 0.324 e. The van der Waals surface area contributed by atoms with Crippen molar-refractivity contribution in [1.82, 2.24) is 0 Å². The maximum atomic E-state index is 12.6. The number of hydrogen-bond acceptors (Lipinski definition) is 4. The lowest BCUT2D eigenvalue weighted by molar-refractivity contribution is -0.140. The zero-order valence-electron chi connectivity index (χ0n) is 13.0. The Morgan fingerprint density at radius 1 is 0.957 bits per heavy atom. The second-order valence-electron chi connectivity index (χ2n) is 5.33. The molecule has 2 aromatic rings. The van der Waals surface area contributed by atoms with Crippen molar-refractivity contribution in [3.8, 4) is 0 Å². The van der Waals surface area contributed by atoms with E-state index in [4.69, 9.17) is 4.74 Å². The Bertz CT molecular complexity index is 724. The van der Waals surface area contributed by atoms with Crippen molar-refractivity contribution in [2.75, 3.05) is 7.11 Å². The summed E-state index contributed by atoms with van der Waals surface area (Å²) in [6, 6.07) is 18.4. The summed E-state index contributed by atoms with van der Waals surface area (Å²) in [6.07, 6.45) is 0.723. The van der Waals surface area contributed by atoms with Crippen molar-refractivity contribution in [1.29, 1.82) is 0 Å². The quantitative estimate of drug-likeness (QED) is 0.732. The van der Waals surface area contributed by atoms with E-state index in [1.54, 1.807) is 24.3 Å². The van der Waals surface area contributed by atoms with Crippen LogP contribution in [0.4, 0.5) is 0 Å². The molecule has 0 heterocycles. The van der Waals surface area contributed by atoms with E-state index in [0.717, 1.165) is 5.56 Å². The number of benzene rings is 2. The van der Waals surface area contributed by atoms with Crippen LogP contribution >= 0.6 is 0 Å². The molecule has 0 saturated carbocycles. The van der Waals surface area contributed by atoms with Gasteiger partial charge < -0.3 is 4.74 Å². The van der Waals surface area contributed by atoms with E-state index in [1.807, 2.05) is 36.4 Å². The first-order chi connectivity index (χ1) is 11.0. The third-order valence-corrected chi connectivity index (χ3v) is 5.68. The highest BCUT2D eigenvalue weighted by Gasteiger charge is 2.33. The average Bonchev–Trinajstić information content (AvgIpc) is 2.56. The van der Waals surface area contributed by atoms with Crippen LogP contribution in [0.2, 0.25) is 0 Å². The molecule has 0 radical (unpaired) electrons. The zero-order chi connectivity index (χ0) is 16.7. The third-order valence-electron chi connectivity index (χ3n) is 3.65. The first-order valence-electron chi connectivity index (χ1n) is 7.40. The molecule has 0 fully saturated rings. The van der Waals surface area contributed by atoms with Crippen LogP contribution in [0, 0.1) is 0 Å². The fraction of sp³-hybridized carbons (Fsp3) is 0.278. The van der Waals surface area contributed by atoms with E-state index in [9.17, 15) is 13.2 Å². The summed E-state index contributed by atoms with van der Waals surface area (Å²) >= 11 is 0. The van der Waals surface area contributed by atoms with E-state index in [0.29, 0.717) is 12.0 Å². The minimum atomic E-state index is -3.63. The standard InChI is InChI=1S/C18H20O4S/c1-22-18(19)17(13-12-15-8-4-2-5-9-15)23(20,21)14-16-10-6-3-7-11-16/h2-11,17H,12-14H2,1H3. The number of rotatable bonds is 7. The average molecular weight is 332 g/mol. The molecule has 0 spiro atoms. The summed E-state index contributed by atoms with van der Waals surface area (Å²) in [5.74, 6) is -0.862. The normalized spacial score (nSPS) is 12.6. The molecule has 2 rings (SSSR count). The number of carbonyl (C=O) groups excluding carboxylic acids is 1. The molecule has 1 atom stereocenters. The Hall–Kier alpha value is -2.14. The van der Waals surface area contributed by atoms with Gasteiger partial charge in [-0.3, -0.25) is 4.79 Å². The molecule has 0 aliphatic heterocycles. The largest absolute Gasteiger partial charge is 0.468 e. The van der Waals surface area contributed by atoms with Gasteiger partial charge in [-0.1, -0.05) is 60.7 Å². The lowest BCUT2D eigenvalue weighted by atomic mass is 10.1. The summed E-state index contributed by atoms with van der Waals surface area (Å²) < 4.78 is 29.9. The van der Waals surface area contributed by atoms with Crippen LogP contribution in [-0.4, -0.2) is 26.7 Å². The highest BCUT2D eigenvalue weighted by atomic mass is 32.2. The topological polar surface area (TPSA) is 60.4 Å². The van der Waals surface area contributed by atoms with Crippen molar-refractivity contribution in [2.24, 2.45) is 0 Å². The van der Waals surface area contributed by atoms with Crippen LogP contribution in [0.3, 0.4) is 0 Å². The number of aryl methyl sites for hydroxylation is 1. The van der Waals surface area contributed by atoms with E-state index < -0.39 is 21.1 Å². The van der Waals surface area contributed by atoms with Crippen molar-refractivity contribution < 1.29 is 17.9 Å². The van der Waals surface area contributed by atoms with Gasteiger partial charge in [-0.2, -0.15) is 0 Å². The second kappa shape index (κ2) is 7.92. The molecule has 2 aromatic carbocycles. The minimum absolute atomic E-state index is 0.164. The second-order valence-corrected chi connectivity index (χ2v) is 7.51. The summed E-state index contributed by atoms with van der Waals surface area (Å²) in [4.78, 5) is 12.0. The van der Waals surface area contributed by atoms with Gasteiger partial charge in [-0.15, -0.1) is 0 Å². The van der Waals surface area contributed by atoms with Gasteiger partial charge in [0, 0.05) is 0 Å². The maximum absolute atomic E-state index is 12.6. The number of sulfone groups is 1. The van der Waals surface area contributed by atoms with Crippen LogP contribution in [0.1, 0.15) is 17.5 Å². The molecule has 1 unspecified atom stereocenters. The van der Waals surface area contributed by atoms with Crippen molar-refractivity contribution in [2.45, 2.75) is 23.8 Å². The molecule has 0 aliphatic carbocycles. The van der Waals surface area contributed by atoms with Crippen LogP contribution < -0.4 is 0 Å². The molecule has 4 nitrogen and oxygen atoms in total. The smallest absolute Gasteiger partial charge is 0.324 e. The van der Waals surface area contributed by atoms with Crippen LogP contribution in [0.5, 0.6) is 0 Å². The monoisotopic (exact) mass is 332 g/mol. The summed E-state index contributed by atoms with van der Waals surface area (Å²) in [5.41, 5.74) is 1.66. The Labute approximate surface area is 137 Å². The fourth-order valence-corrected chi connectivity index (χ4v) is 4.15. The highest BCUT2D eigenvalue weighted by molar-refractivity contribution is 7.92. The lowest BCUT2D eigenvalue weighted by Crippen LogP contribution is -2.33. The first-order valence-corrected chi connectivity index (χ1v) is 9.12. The Balaban J connectivity index is 2.15. The molecular formula is C18H20O4S. The first kappa shape index (κ1) is 17.2. The number of esters is 1. The number of carbonyl (C=O) groups is 1. The predicted octanol–water partition coefficient (Wildman–Crippen LogP) is 2.78. The lowest BCUT2D eigenvalue weighted by Gasteiger charge is -2.15. The van der Waals surface area contributed by atoms with Gasteiger partial charge in [0.15, 0.2) is 15.1 Å².